The van der Waals surface area contributed by atoms with Gasteiger partial charge in [-0.3, -0.25) is 4.90 Å². The van der Waals surface area contributed by atoms with Crippen molar-refractivity contribution in [2.75, 3.05) is 19.6 Å². The molecule has 0 amide bonds. The van der Waals surface area contributed by atoms with E-state index in [1.54, 1.807) is 5.56 Å². The Bertz CT molecular complexity index is 415. The van der Waals surface area contributed by atoms with Gasteiger partial charge >= 0.3 is 0 Å². The molecule has 2 aliphatic heterocycles. The van der Waals surface area contributed by atoms with Crippen LogP contribution in [0.15, 0.2) is 24.3 Å². The number of benzene rings is 1. The van der Waals surface area contributed by atoms with E-state index in [0.717, 1.165) is 18.5 Å². The number of nitrogens with zero attached hydrogens (tertiary/aromatic N) is 1. The molecule has 1 aromatic carbocycles. The normalized spacial score (nSPS) is 32.4. The van der Waals surface area contributed by atoms with Crippen LogP contribution >= 0.6 is 0 Å². The first-order valence-corrected chi connectivity index (χ1v) is 7.29. The van der Waals surface area contributed by atoms with Crippen LogP contribution in [0, 0.1) is 5.92 Å². The van der Waals surface area contributed by atoms with Crippen LogP contribution in [0.3, 0.4) is 0 Å². The van der Waals surface area contributed by atoms with Crippen molar-refractivity contribution in [1.29, 1.82) is 0 Å². The molecule has 3 rings (SSSR count). The largest absolute Gasteiger partial charge is 0.309 e. The summed E-state index contributed by atoms with van der Waals surface area (Å²) in [6, 6.07) is 10.2. The molecule has 1 N–H and O–H groups in total. The average Bonchev–Trinajstić information content (AvgIpc) is 2.68. The minimum atomic E-state index is 0.530. The monoisotopic (exact) mass is 244 g/mol. The molecule has 2 heterocycles. The predicted molar refractivity (Wildman–Crippen MR) is 75.7 cm³/mol. The molecule has 1 fully saturated rings. The molecular formula is C16H24N2. The SMILES string of the molecule is CC1CC(C)N(CC2NCCc3ccccc32)C1. The number of rotatable bonds is 2. The molecular weight excluding hydrogens is 220 g/mol. The van der Waals surface area contributed by atoms with E-state index in [-0.39, 0.29) is 0 Å². The molecule has 0 saturated carbocycles. The van der Waals surface area contributed by atoms with Gasteiger partial charge in [-0.25, -0.2) is 0 Å². The van der Waals surface area contributed by atoms with Gasteiger partial charge < -0.3 is 5.32 Å². The first-order chi connectivity index (χ1) is 8.74. The number of fused-ring (bicyclic) bond motifs is 1. The highest BCUT2D eigenvalue weighted by atomic mass is 15.2. The summed E-state index contributed by atoms with van der Waals surface area (Å²) in [4.78, 5) is 2.66. The Kier molecular flexibility index (Phi) is 3.40. The van der Waals surface area contributed by atoms with Crippen LogP contribution in [0.25, 0.3) is 0 Å². The Hall–Kier alpha value is -0.860. The Morgan fingerprint density at radius 3 is 2.89 bits per heavy atom. The summed E-state index contributed by atoms with van der Waals surface area (Å²) in [6.45, 7) is 8.31. The molecule has 1 saturated heterocycles. The van der Waals surface area contributed by atoms with Gasteiger partial charge in [-0.2, -0.15) is 0 Å². The summed E-state index contributed by atoms with van der Waals surface area (Å²) < 4.78 is 0. The van der Waals surface area contributed by atoms with E-state index in [0.29, 0.717) is 6.04 Å². The molecule has 0 aromatic heterocycles. The zero-order chi connectivity index (χ0) is 12.5. The molecule has 0 aliphatic carbocycles. The molecule has 0 radical (unpaired) electrons. The summed E-state index contributed by atoms with van der Waals surface area (Å²) in [7, 11) is 0. The average molecular weight is 244 g/mol. The van der Waals surface area contributed by atoms with Crippen molar-refractivity contribution >= 4 is 0 Å². The lowest BCUT2D eigenvalue weighted by molar-refractivity contribution is 0.231. The fraction of sp³-hybridized carbons (Fsp3) is 0.625. The van der Waals surface area contributed by atoms with E-state index in [4.69, 9.17) is 0 Å². The van der Waals surface area contributed by atoms with Crippen LogP contribution in [0.2, 0.25) is 0 Å². The predicted octanol–water partition coefficient (Wildman–Crippen LogP) is 2.60. The van der Waals surface area contributed by atoms with E-state index in [9.17, 15) is 0 Å². The van der Waals surface area contributed by atoms with Crippen molar-refractivity contribution < 1.29 is 0 Å². The number of hydrogen-bond acceptors (Lipinski definition) is 2. The van der Waals surface area contributed by atoms with Gasteiger partial charge in [0.2, 0.25) is 0 Å². The van der Waals surface area contributed by atoms with Crippen LogP contribution in [-0.2, 0) is 6.42 Å². The molecule has 98 valence electrons. The van der Waals surface area contributed by atoms with Crippen molar-refractivity contribution in [1.82, 2.24) is 10.2 Å². The second-order valence-electron chi connectivity index (χ2n) is 6.10. The van der Waals surface area contributed by atoms with Gasteiger partial charge in [0.05, 0.1) is 0 Å². The van der Waals surface area contributed by atoms with E-state index < -0.39 is 0 Å². The first-order valence-electron chi connectivity index (χ1n) is 7.29. The van der Waals surface area contributed by atoms with Crippen LogP contribution in [-0.4, -0.2) is 30.6 Å². The molecule has 18 heavy (non-hydrogen) atoms. The van der Waals surface area contributed by atoms with E-state index in [2.05, 4.69) is 48.3 Å². The topological polar surface area (TPSA) is 15.3 Å². The van der Waals surface area contributed by atoms with Gasteiger partial charge in [-0.1, -0.05) is 31.2 Å². The van der Waals surface area contributed by atoms with Crippen LogP contribution in [0.1, 0.15) is 37.4 Å². The Morgan fingerprint density at radius 2 is 2.11 bits per heavy atom. The first kappa shape index (κ1) is 12.2. The Labute approximate surface area is 110 Å². The third-order valence-corrected chi connectivity index (χ3v) is 4.55. The zero-order valence-electron chi connectivity index (χ0n) is 11.5. The maximum absolute atomic E-state index is 3.70. The fourth-order valence-electron chi connectivity index (χ4n) is 3.63. The number of nitrogens with one attached hydrogen (secondary N) is 1. The molecule has 0 bridgehead atoms. The van der Waals surface area contributed by atoms with Crippen LogP contribution in [0.5, 0.6) is 0 Å². The van der Waals surface area contributed by atoms with Crippen LogP contribution in [0.4, 0.5) is 0 Å². The maximum Gasteiger partial charge on any atom is 0.0452 e. The highest BCUT2D eigenvalue weighted by Gasteiger charge is 2.29. The summed E-state index contributed by atoms with van der Waals surface area (Å²) >= 11 is 0. The molecule has 2 nitrogen and oxygen atoms in total. The second kappa shape index (κ2) is 5.02. The highest BCUT2D eigenvalue weighted by molar-refractivity contribution is 5.32. The number of hydrogen-bond donors (Lipinski definition) is 1. The van der Waals surface area contributed by atoms with Crippen molar-refractivity contribution in [3.05, 3.63) is 35.4 Å². The van der Waals surface area contributed by atoms with Gasteiger partial charge in [0.25, 0.3) is 0 Å². The molecule has 0 spiro atoms. The summed E-state index contributed by atoms with van der Waals surface area (Å²) in [5.74, 6) is 0.860. The standard InChI is InChI=1S/C16H24N2/c1-12-9-13(2)18(10-12)11-16-15-6-4-3-5-14(15)7-8-17-16/h3-6,12-13,16-17H,7-11H2,1-2H3. The van der Waals surface area contributed by atoms with Crippen molar-refractivity contribution in [3.63, 3.8) is 0 Å². The van der Waals surface area contributed by atoms with Gasteiger partial charge in [0.15, 0.2) is 0 Å². The summed E-state index contributed by atoms with van der Waals surface area (Å²) in [5, 5.41) is 3.70. The van der Waals surface area contributed by atoms with E-state index in [1.165, 1.54) is 31.5 Å². The molecule has 2 heteroatoms. The minimum absolute atomic E-state index is 0.530. The van der Waals surface area contributed by atoms with Gasteiger partial charge in [-0.05, 0) is 43.4 Å². The van der Waals surface area contributed by atoms with E-state index in [1.807, 2.05) is 0 Å². The van der Waals surface area contributed by atoms with Crippen molar-refractivity contribution in [2.45, 2.75) is 38.8 Å². The lowest BCUT2D eigenvalue weighted by Crippen LogP contribution is -2.40. The van der Waals surface area contributed by atoms with Gasteiger partial charge in [0, 0.05) is 25.2 Å². The van der Waals surface area contributed by atoms with E-state index >= 15 is 0 Å². The third kappa shape index (κ3) is 2.32. The summed E-state index contributed by atoms with van der Waals surface area (Å²) in [6.07, 6.45) is 2.53. The number of likely N-dealkylation sites (tertiary alicyclic amines) is 1. The van der Waals surface area contributed by atoms with Crippen molar-refractivity contribution in [2.24, 2.45) is 5.92 Å². The maximum atomic E-state index is 3.70. The lowest BCUT2D eigenvalue weighted by atomic mass is 9.94. The molecule has 3 atom stereocenters. The zero-order valence-corrected chi connectivity index (χ0v) is 11.5. The second-order valence-corrected chi connectivity index (χ2v) is 6.10. The Balaban J connectivity index is 1.74. The quantitative estimate of drug-likeness (QED) is 0.860. The molecule has 3 unspecified atom stereocenters. The smallest absolute Gasteiger partial charge is 0.0452 e. The Morgan fingerprint density at radius 1 is 1.28 bits per heavy atom. The van der Waals surface area contributed by atoms with Gasteiger partial charge in [-0.15, -0.1) is 0 Å². The molecule has 2 aliphatic rings. The third-order valence-electron chi connectivity index (χ3n) is 4.55. The van der Waals surface area contributed by atoms with Gasteiger partial charge in [0.1, 0.15) is 0 Å². The minimum Gasteiger partial charge on any atom is -0.309 e. The van der Waals surface area contributed by atoms with Crippen LogP contribution < -0.4 is 5.32 Å². The van der Waals surface area contributed by atoms with Crippen molar-refractivity contribution in [3.8, 4) is 0 Å². The lowest BCUT2D eigenvalue weighted by Gasteiger charge is -2.32. The fourth-order valence-corrected chi connectivity index (χ4v) is 3.63. The highest BCUT2D eigenvalue weighted by Crippen LogP contribution is 2.28. The molecule has 1 aromatic rings. The summed E-state index contributed by atoms with van der Waals surface area (Å²) in [5.41, 5.74) is 3.07.